The molecule has 0 aliphatic rings. The lowest BCUT2D eigenvalue weighted by Crippen LogP contribution is -2.31. The summed E-state index contributed by atoms with van der Waals surface area (Å²) in [6, 6.07) is 14.1. The van der Waals surface area contributed by atoms with Gasteiger partial charge in [-0.05, 0) is 48.8 Å². The number of anilines is 1. The number of benzene rings is 2. The molecule has 2 rings (SSSR count). The molecule has 0 saturated carbocycles. The first-order valence-corrected chi connectivity index (χ1v) is 8.78. The predicted molar refractivity (Wildman–Crippen MR) is 105 cm³/mol. The fourth-order valence-electron chi connectivity index (χ4n) is 2.30. The molecule has 0 radical (unpaired) electrons. The third kappa shape index (κ3) is 5.10. The van der Waals surface area contributed by atoms with E-state index in [4.69, 9.17) is 35.4 Å². The molecule has 2 N–H and O–H groups in total. The van der Waals surface area contributed by atoms with Crippen LogP contribution in [-0.2, 0) is 6.42 Å². The van der Waals surface area contributed by atoms with E-state index in [1.54, 1.807) is 6.07 Å². The number of rotatable bonds is 5. The molecule has 1 unspecified atom stereocenters. The lowest BCUT2D eigenvalue weighted by atomic mass is 10.0. The highest BCUT2D eigenvalue weighted by atomic mass is 35.5. The monoisotopic (exact) mass is 366 g/mol. The molecule has 0 spiro atoms. The first kappa shape index (κ1) is 18.1. The van der Waals surface area contributed by atoms with Crippen molar-refractivity contribution in [2.24, 2.45) is 0 Å². The van der Waals surface area contributed by atoms with Gasteiger partial charge in [-0.2, -0.15) is 0 Å². The second-order valence-corrected chi connectivity index (χ2v) is 6.61. The Morgan fingerprint density at radius 2 is 1.83 bits per heavy atom. The van der Waals surface area contributed by atoms with Crippen LogP contribution in [-0.4, -0.2) is 5.11 Å². The summed E-state index contributed by atoms with van der Waals surface area (Å²) < 4.78 is 0. The minimum absolute atomic E-state index is 0.101. The minimum atomic E-state index is 0.101. The Bertz CT molecular complexity index is 671. The van der Waals surface area contributed by atoms with Crippen molar-refractivity contribution in [3.05, 3.63) is 63.6 Å². The number of thiocarbonyl (C=S) groups is 1. The summed E-state index contributed by atoms with van der Waals surface area (Å²) in [5, 5.41) is 7.83. The average Bonchev–Trinajstić information content (AvgIpc) is 2.53. The van der Waals surface area contributed by atoms with Crippen molar-refractivity contribution in [3.8, 4) is 0 Å². The van der Waals surface area contributed by atoms with Crippen LogP contribution < -0.4 is 10.6 Å². The molecule has 0 aliphatic heterocycles. The lowest BCUT2D eigenvalue weighted by Gasteiger charge is -2.18. The molecule has 2 nitrogen and oxygen atoms in total. The SMILES string of the molecule is CCCc1ccc(C(C)NC(=S)Nc2cccc(Cl)c2Cl)cc1. The van der Waals surface area contributed by atoms with Crippen molar-refractivity contribution in [1.82, 2.24) is 5.32 Å². The molecule has 0 saturated heterocycles. The van der Waals surface area contributed by atoms with E-state index in [2.05, 4.69) is 48.7 Å². The summed E-state index contributed by atoms with van der Waals surface area (Å²) in [5.41, 5.74) is 3.24. The predicted octanol–water partition coefficient (Wildman–Crippen LogP) is 5.99. The second-order valence-electron chi connectivity index (χ2n) is 5.41. The highest BCUT2D eigenvalue weighted by molar-refractivity contribution is 7.80. The van der Waals surface area contributed by atoms with Crippen LogP contribution in [0.5, 0.6) is 0 Å². The van der Waals surface area contributed by atoms with Crippen LogP contribution in [0.1, 0.15) is 37.4 Å². The molecule has 2 aromatic rings. The fraction of sp³-hybridized carbons (Fsp3) is 0.278. The van der Waals surface area contributed by atoms with Gasteiger partial charge in [-0.1, -0.05) is 66.9 Å². The van der Waals surface area contributed by atoms with Gasteiger partial charge in [0.2, 0.25) is 0 Å². The van der Waals surface area contributed by atoms with Gasteiger partial charge in [-0.25, -0.2) is 0 Å². The first-order valence-electron chi connectivity index (χ1n) is 7.61. The van der Waals surface area contributed by atoms with Crippen molar-refractivity contribution < 1.29 is 0 Å². The van der Waals surface area contributed by atoms with Crippen molar-refractivity contribution in [1.29, 1.82) is 0 Å². The average molecular weight is 367 g/mol. The normalized spacial score (nSPS) is 11.8. The van der Waals surface area contributed by atoms with Gasteiger partial charge in [0.15, 0.2) is 5.11 Å². The number of aryl methyl sites for hydroxylation is 1. The standard InChI is InChI=1S/C18H20Cl2N2S/c1-3-5-13-8-10-14(11-9-13)12(2)21-18(23)22-16-7-4-6-15(19)17(16)20/h4,6-12H,3,5H2,1-2H3,(H2,21,22,23). The highest BCUT2D eigenvalue weighted by Gasteiger charge is 2.09. The van der Waals surface area contributed by atoms with Crippen LogP contribution in [0.25, 0.3) is 0 Å². The van der Waals surface area contributed by atoms with Crippen molar-refractivity contribution in [3.63, 3.8) is 0 Å². The summed E-state index contributed by atoms with van der Waals surface area (Å²) >= 11 is 17.5. The minimum Gasteiger partial charge on any atom is -0.356 e. The van der Waals surface area contributed by atoms with E-state index in [1.165, 1.54) is 11.1 Å². The Labute approximate surface area is 153 Å². The highest BCUT2D eigenvalue weighted by Crippen LogP contribution is 2.29. The molecule has 0 fully saturated rings. The summed E-state index contributed by atoms with van der Waals surface area (Å²) in [6.45, 7) is 4.26. The summed E-state index contributed by atoms with van der Waals surface area (Å²) in [6.07, 6.45) is 2.26. The Kier molecular flexibility index (Phi) is 6.70. The topological polar surface area (TPSA) is 24.1 Å². The maximum atomic E-state index is 6.16. The molecule has 5 heteroatoms. The molecule has 2 aromatic carbocycles. The molecule has 0 aromatic heterocycles. The van der Waals surface area contributed by atoms with Gasteiger partial charge in [0.25, 0.3) is 0 Å². The van der Waals surface area contributed by atoms with Gasteiger partial charge in [0, 0.05) is 0 Å². The lowest BCUT2D eigenvalue weighted by molar-refractivity contribution is 0.722. The van der Waals surface area contributed by atoms with Crippen LogP contribution in [0.4, 0.5) is 5.69 Å². The quantitative estimate of drug-likeness (QED) is 0.635. The number of halogens is 2. The Hall–Kier alpha value is -1.29. The molecule has 0 amide bonds. The maximum absolute atomic E-state index is 6.16. The van der Waals surface area contributed by atoms with E-state index < -0.39 is 0 Å². The van der Waals surface area contributed by atoms with Crippen LogP contribution in [0.2, 0.25) is 10.0 Å². The number of hydrogen-bond donors (Lipinski definition) is 2. The molecule has 0 aliphatic carbocycles. The maximum Gasteiger partial charge on any atom is 0.171 e. The Balaban J connectivity index is 1.97. The van der Waals surface area contributed by atoms with Gasteiger partial charge in [-0.15, -0.1) is 0 Å². The van der Waals surface area contributed by atoms with Crippen LogP contribution >= 0.6 is 35.4 Å². The number of nitrogens with one attached hydrogen (secondary N) is 2. The van der Waals surface area contributed by atoms with Gasteiger partial charge < -0.3 is 10.6 Å². The van der Waals surface area contributed by atoms with E-state index in [0.717, 1.165) is 12.8 Å². The largest absolute Gasteiger partial charge is 0.356 e. The summed E-state index contributed by atoms with van der Waals surface area (Å²) in [7, 11) is 0. The molecule has 0 heterocycles. The second kappa shape index (κ2) is 8.53. The molecule has 122 valence electrons. The zero-order valence-electron chi connectivity index (χ0n) is 13.2. The van der Waals surface area contributed by atoms with Crippen LogP contribution in [0.3, 0.4) is 0 Å². The van der Waals surface area contributed by atoms with Gasteiger partial charge in [0.05, 0.1) is 21.8 Å². The molecular formula is C18H20Cl2N2S. The van der Waals surface area contributed by atoms with E-state index in [1.807, 2.05) is 12.1 Å². The molecule has 0 bridgehead atoms. The summed E-state index contributed by atoms with van der Waals surface area (Å²) in [4.78, 5) is 0. The van der Waals surface area contributed by atoms with Crippen molar-refractivity contribution in [2.75, 3.05) is 5.32 Å². The smallest absolute Gasteiger partial charge is 0.171 e. The zero-order valence-corrected chi connectivity index (χ0v) is 15.5. The number of hydrogen-bond acceptors (Lipinski definition) is 1. The van der Waals surface area contributed by atoms with E-state index in [9.17, 15) is 0 Å². The molecule has 23 heavy (non-hydrogen) atoms. The van der Waals surface area contributed by atoms with E-state index >= 15 is 0 Å². The van der Waals surface area contributed by atoms with Gasteiger partial charge >= 0.3 is 0 Å². The first-order chi connectivity index (χ1) is 11.0. The summed E-state index contributed by atoms with van der Waals surface area (Å²) in [5.74, 6) is 0. The zero-order chi connectivity index (χ0) is 16.8. The van der Waals surface area contributed by atoms with Crippen molar-refractivity contribution in [2.45, 2.75) is 32.7 Å². The van der Waals surface area contributed by atoms with E-state index in [-0.39, 0.29) is 6.04 Å². The third-order valence-electron chi connectivity index (χ3n) is 3.57. The van der Waals surface area contributed by atoms with Gasteiger partial charge in [0.1, 0.15) is 0 Å². The fourth-order valence-corrected chi connectivity index (χ4v) is 2.93. The third-order valence-corrected chi connectivity index (χ3v) is 4.60. The van der Waals surface area contributed by atoms with Crippen LogP contribution in [0.15, 0.2) is 42.5 Å². The molecular weight excluding hydrogens is 347 g/mol. The van der Waals surface area contributed by atoms with E-state index in [0.29, 0.717) is 20.8 Å². The van der Waals surface area contributed by atoms with Crippen LogP contribution in [0, 0.1) is 0 Å². The molecule has 1 atom stereocenters. The Morgan fingerprint density at radius 1 is 1.13 bits per heavy atom. The Morgan fingerprint density at radius 3 is 2.48 bits per heavy atom. The van der Waals surface area contributed by atoms with Crippen molar-refractivity contribution >= 4 is 46.2 Å². The van der Waals surface area contributed by atoms with Gasteiger partial charge in [-0.3, -0.25) is 0 Å².